The molecule has 790 valence electrons. The number of carbonyl (C=O) groups is 7. The molecule has 22 N–H and O–H groups in total. The van der Waals surface area contributed by atoms with Gasteiger partial charge in [0, 0.05) is 149 Å². The molecule has 7 amide bonds. The Hall–Kier alpha value is -10.8. The second-order valence-electron chi connectivity index (χ2n) is 33.0. The number of thiophene rings is 7. The lowest BCUT2D eigenvalue weighted by molar-refractivity contribution is 0.0303. The van der Waals surface area contributed by atoms with Crippen LogP contribution in [0.3, 0.4) is 0 Å². The third kappa shape index (κ3) is 30.8. The zero-order chi connectivity index (χ0) is 109. The van der Waals surface area contributed by atoms with Gasteiger partial charge < -0.3 is 111 Å². The van der Waals surface area contributed by atoms with Crippen molar-refractivity contribution in [3.63, 3.8) is 0 Å². The second-order valence-corrected chi connectivity index (χ2v) is 43.5. The molecule has 0 aliphatic carbocycles. The Labute approximate surface area is 944 Å². The summed E-state index contributed by atoms with van der Waals surface area (Å²) in [5, 5.41) is 69.8. The van der Waals surface area contributed by atoms with Crippen LogP contribution >= 0.6 is 195 Å². The first-order valence-corrected chi connectivity index (χ1v) is 55.4. The number of nitrogens with zero attached hydrogens (tertiary/aromatic N) is 3. The van der Waals surface area contributed by atoms with Gasteiger partial charge in [0.15, 0.2) is 0 Å². The molecule has 0 bridgehead atoms. The van der Waals surface area contributed by atoms with Crippen molar-refractivity contribution in [1.29, 1.82) is 0 Å². The van der Waals surface area contributed by atoms with E-state index in [4.69, 9.17) is 170 Å². The molecule has 2 saturated heterocycles. The molecule has 0 radical (unpaired) electrons. The summed E-state index contributed by atoms with van der Waals surface area (Å²) in [6, 6.07) is 46.2. The summed E-state index contributed by atoms with van der Waals surface area (Å²) in [5.74, 6) is -1.16. The van der Waals surface area contributed by atoms with Crippen molar-refractivity contribution in [1.82, 2.24) is 30.7 Å². The van der Waals surface area contributed by atoms with E-state index in [2.05, 4.69) is 21.3 Å². The summed E-state index contributed by atoms with van der Waals surface area (Å²) in [6.07, 6.45) is 0. The summed E-state index contributed by atoms with van der Waals surface area (Å²) in [7, 11) is 4.96. The predicted molar refractivity (Wildman–Crippen MR) is 624 cm³/mol. The van der Waals surface area contributed by atoms with Crippen molar-refractivity contribution in [2.24, 2.45) is 0 Å². The lowest BCUT2D eigenvalue weighted by Gasteiger charge is -2.27. The van der Waals surface area contributed by atoms with E-state index in [1.165, 1.54) is 84.3 Å². The van der Waals surface area contributed by atoms with Crippen molar-refractivity contribution in [2.45, 2.75) is 53.2 Å². The molecule has 28 nitrogen and oxygen atoms in total. The number of nitrogen functional groups attached to an aromatic ring is 7. The molecule has 0 atom stereocenters. The topological polar surface area (TPSA) is 468 Å². The van der Waals surface area contributed by atoms with Crippen LogP contribution in [-0.2, 0) is 40.6 Å². The van der Waals surface area contributed by atoms with Gasteiger partial charge in [-0.15, -0.1) is 79.4 Å². The maximum absolute atomic E-state index is 12.9. The number of benzene rings is 8. The number of rotatable bonds is 24. The number of anilines is 8. The summed E-state index contributed by atoms with van der Waals surface area (Å²) in [6.45, 7) is 10.9. The normalized spacial score (nSPS) is 12.0. The highest BCUT2D eigenvalue weighted by Crippen LogP contribution is 2.45. The Morgan fingerprint density at radius 1 is 0.360 bits per heavy atom. The molecule has 45 heteroatoms. The molecule has 0 unspecified atom stereocenters. The van der Waals surface area contributed by atoms with Gasteiger partial charge in [0.1, 0.15) is 0 Å². The van der Waals surface area contributed by atoms with Crippen LogP contribution in [0.25, 0.3) is 77.9 Å². The Kier molecular flexibility index (Phi) is 45.5. The van der Waals surface area contributed by atoms with Crippen LogP contribution in [0.4, 0.5) is 40.7 Å². The summed E-state index contributed by atoms with van der Waals surface area (Å²) < 4.78 is 15.5. The first-order chi connectivity index (χ1) is 71.8. The minimum Gasteiger partial charge on any atom is -0.392 e. The summed E-state index contributed by atoms with van der Waals surface area (Å²) >= 11 is 69.0. The minimum atomic E-state index is -0.281. The fraction of sp³-hybridized carbons (Fsp3) is 0.210. The average Bonchev–Trinajstić information content (AvgIpc) is 1.74. The van der Waals surface area contributed by atoms with Gasteiger partial charge in [-0.2, -0.15) is 0 Å². The fourth-order valence-electron chi connectivity index (χ4n) is 14.9. The number of morpholine rings is 2. The third-order valence-electron chi connectivity index (χ3n) is 22.5. The number of hydrogen-bond acceptors (Lipinski definition) is 28. The van der Waals surface area contributed by atoms with E-state index < -0.39 is 0 Å². The van der Waals surface area contributed by atoms with E-state index in [1.54, 1.807) is 128 Å². The highest BCUT2D eigenvalue weighted by Gasteiger charge is 2.31. The van der Waals surface area contributed by atoms with E-state index in [1.807, 2.05) is 119 Å². The molecule has 2 aliphatic rings. The first kappa shape index (κ1) is 119. The van der Waals surface area contributed by atoms with Crippen LogP contribution in [0, 0.1) is 0 Å². The number of halogens is 10. The minimum absolute atomic E-state index is 0.0449. The molecule has 9 heterocycles. The Balaban J connectivity index is 0.000000166. The summed E-state index contributed by atoms with van der Waals surface area (Å²) in [5.41, 5.74) is 59.4. The number of aliphatic hydroxyl groups is 4. The highest BCUT2D eigenvalue weighted by molar-refractivity contribution is 7.17. The molecule has 2 aliphatic heterocycles. The quantitative estimate of drug-likeness (QED) is 0.0250. The molecule has 8 aromatic carbocycles. The number of para-hydroxylation sites is 1. The van der Waals surface area contributed by atoms with E-state index in [-0.39, 0.29) is 73.8 Å². The molecule has 7 aromatic heterocycles. The smallest absolute Gasteiger partial charge is 0.259 e. The van der Waals surface area contributed by atoms with Crippen LogP contribution in [0.1, 0.15) is 116 Å². The van der Waals surface area contributed by atoms with Gasteiger partial charge in [-0.1, -0.05) is 189 Å². The highest BCUT2D eigenvalue weighted by atomic mass is 35.5. The number of nitrogens with one attached hydrogen (secondary N) is 4. The van der Waals surface area contributed by atoms with Gasteiger partial charge in [-0.3, -0.25) is 33.6 Å². The zero-order valence-electron chi connectivity index (χ0n) is 81.1. The van der Waals surface area contributed by atoms with Crippen LogP contribution < -0.4 is 61.4 Å². The number of nitrogens with two attached hydrogens (primary N) is 7. The first-order valence-electron chi connectivity index (χ1n) is 45.5. The molecular formula is C105H104Cl10N14O14S7. The molecule has 15 aromatic rings. The lowest BCUT2D eigenvalue weighted by atomic mass is 9.98. The number of ether oxygens (including phenoxy) is 3. The van der Waals surface area contributed by atoms with Gasteiger partial charge in [-0.05, 0) is 167 Å². The van der Waals surface area contributed by atoms with E-state index in [9.17, 15) is 54.0 Å². The van der Waals surface area contributed by atoms with Crippen molar-refractivity contribution in [3.8, 4) is 77.9 Å². The largest absolute Gasteiger partial charge is 0.392 e. The molecule has 0 saturated carbocycles. The number of amides is 7. The van der Waals surface area contributed by atoms with Crippen LogP contribution in [-0.4, -0.2) is 176 Å². The number of aliphatic hydroxyl groups excluding tert-OH is 4. The third-order valence-corrected chi connectivity index (χ3v) is 31.9. The van der Waals surface area contributed by atoms with E-state index in [0.29, 0.717) is 230 Å². The van der Waals surface area contributed by atoms with Gasteiger partial charge in [0.2, 0.25) is 0 Å². The Morgan fingerprint density at radius 3 is 0.927 bits per heavy atom. The van der Waals surface area contributed by atoms with Crippen molar-refractivity contribution in [2.75, 3.05) is 139 Å². The average molecular weight is 2370 g/mol. The SMILES string of the molecule is CC(C)NC(=O)c1c(-c2ccc(Cl)c(Cl)c2)csc1N.CCNC(=O)c1c(-c2ccc(Cl)c(Cl)c2)csc1N.CN(C)C(=O)c1c(-c2ccc(Cl)c(Cl)c2)csc1N.COCCNC(=O)c1c(-c2ccc(Cl)c(Cl)c2)csc1N.Nc1scc(-c2ccc(CO)c(CO)c2)c1C(=O)N1CCOCC1.Nc1scc(-c2ccc(CO)c(CO)c2)c1C(=O)Nc1ccccc1.Nc1scc(-c2ccc(Cl)c(Cl)c2)c1C(=O)N1CCOCC1. The molecule has 2 fully saturated rings. The lowest BCUT2D eigenvalue weighted by Crippen LogP contribution is -2.40. The van der Waals surface area contributed by atoms with Crippen LogP contribution in [0.2, 0.25) is 50.2 Å². The second kappa shape index (κ2) is 57.2. The maximum atomic E-state index is 12.9. The molecular weight excluding hydrogens is 2260 g/mol. The molecule has 17 rings (SSSR count). The number of carbonyl (C=O) groups excluding carboxylic acids is 7. The van der Waals surface area contributed by atoms with Gasteiger partial charge in [0.25, 0.3) is 41.4 Å². The zero-order valence-corrected chi connectivity index (χ0v) is 94.4. The number of methoxy groups -OCH3 is 1. The van der Waals surface area contributed by atoms with Crippen molar-refractivity contribution >= 4 is 277 Å². The van der Waals surface area contributed by atoms with Gasteiger partial charge >= 0.3 is 0 Å². The van der Waals surface area contributed by atoms with Crippen molar-refractivity contribution in [3.05, 3.63) is 307 Å². The Morgan fingerprint density at radius 2 is 0.633 bits per heavy atom. The maximum Gasteiger partial charge on any atom is 0.259 e. The fourth-order valence-corrected chi connectivity index (χ4v) is 22.1. The standard InChI is InChI=1S/C19H18N2O3S.C17H20N2O4S.C15H14Cl2N2O2S.C14H14Cl2N2O2S.C14H14Cl2N2OS.2C13H12Cl2N2OS/c20-18-17(19(24)21-15-4-2-1-3-5-15)16(11-25-18)12-6-7-13(9-22)14(8-12)10-23;18-16-15(17(22)19-3-5-23-6-4-19)14(10-24-16)11-1-2-12(8-20)13(7-11)9-21;16-11-2-1-9(7-12(11)17)10-8-22-14(18)13(10)15(20)19-3-5-21-6-4-19;1-20-5-4-18-14(19)12-9(7-21-13(12)17)8-2-3-10(15)11(16)6-8;1-7(2)18-14(19)12-9(6-20-13(12)17)8-3-4-10(15)11(16)5-8;1-17(2)13(18)11-8(6-19-12(11)16)7-3-4-9(14)10(15)5-7;1-2-17-13(18)11-8(6-19-12(11)16)7-3-4-9(14)10(15)5-7/h1-8,11,22-23H,9-10,20H2,(H,21,24);1-2,7,10,20-21H,3-6,8-9,18H2;1-2,7-8H,3-6,18H2;2-3,6-7H,4-5,17H2,1H3,(H,18,19);3-7H,17H2,1-2H3,(H,18,19);3-6H,16H2,1-2H3;3-6H,2,16H2,1H3,(H,17,18). The molecule has 150 heavy (non-hydrogen) atoms. The summed E-state index contributed by atoms with van der Waals surface area (Å²) in [4.78, 5) is 92.0. The van der Waals surface area contributed by atoms with Crippen LogP contribution in [0.5, 0.6) is 0 Å². The van der Waals surface area contributed by atoms with E-state index in [0.717, 1.165) is 72.3 Å². The number of hydrogen-bond donors (Lipinski definition) is 15. The monoisotopic (exact) mass is 2360 g/mol. The van der Waals surface area contributed by atoms with E-state index >= 15 is 0 Å². The van der Waals surface area contributed by atoms with Gasteiger partial charge in [-0.25, -0.2) is 0 Å². The van der Waals surface area contributed by atoms with Crippen LogP contribution in [0.15, 0.2) is 195 Å². The Bertz CT molecular complexity index is 7290. The molecule has 0 spiro atoms. The predicted octanol–water partition coefficient (Wildman–Crippen LogP) is 24.6. The van der Waals surface area contributed by atoms with Gasteiger partial charge in [0.05, 0.1) is 184 Å². The van der Waals surface area contributed by atoms with Crippen molar-refractivity contribution < 1.29 is 68.2 Å².